The van der Waals surface area contributed by atoms with Crippen LogP contribution in [0.5, 0.6) is 0 Å². The van der Waals surface area contributed by atoms with Gasteiger partial charge in [-0.1, -0.05) is 13.8 Å². The molecule has 25 heavy (non-hydrogen) atoms. The van der Waals surface area contributed by atoms with Crippen LogP contribution in [0.4, 0.5) is 0 Å². The number of hydrogen-bond acceptors (Lipinski definition) is 5. The van der Waals surface area contributed by atoms with Gasteiger partial charge in [-0.15, -0.1) is 11.3 Å². The summed E-state index contributed by atoms with van der Waals surface area (Å²) in [6, 6.07) is 1.62. The predicted molar refractivity (Wildman–Crippen MR) is 99.9 cm³/mol. The predicted octanol–water partition coefficient (Wildman–Crippen LogP) is 2.05. The molecule has 1 aliphatic rings. The van der Waals surface area contributed by atoms with Crippen LogP contribution in [0.3, 0.4) is 0 Å². The minimum absolute atomic E-state index is 0.0259. The van der Waals surface area contributed by atoms with Crippen molar-refractivity contribution in [3.63, 3.8) is 0 Å². The quantitative estimate of drug-likeness (QED) is 0.884. The van der Waals surface area contributed by atoms with Gasteiger partial charge in [0.15, 0.2) is 4.96 Å². The zero-order chi connectivity index (χ0) is 18.0. The lowest BCUT2D eigenvalue weighted by molar-refractivity contribution is -0.126. The van der Waals surface area contributed by atoms with E-state index in [0.29, 0.717) is 12.5 Å². The van der Waals surface area contributed by atoms with Crippen molar-refractivity contribution in [3.05, 3.63) is 33.2 Å². The van der Waals surface area contributed by atoms with E-state index < -0.39 is 0 Å². The summed E-state index contributed by atoms with van der Waals surface area (Å²) in [6.45, 7) is 9.13. The first-order valence-corrected chi connectivity index (χ1v) is 9.79. The number of rotatable bonds is 5. The van der Waals surface area contributed by atoms with Crippen molar-refractivity contribution < 1.29 is 4.79 Å². The van der Waals surface area contributed by atoms with Gasteiger partial charge in [0.1, 0.15) is 0 Å². The highest BCUT2D eigenvalue weighted by atomic mass is 32.1. The number of hydrogen-bond donors (Lipinski definition) is 1. The maximum absolute atomic E-state index is 12.3. The molecule has 3 rings (SSSR count). The Balaban J connectivity index is 1.66. The molecule has 1 aliphatic heterocycles. The highest BCUT2D eigenvalue weighted by Crippen LogP contribution is 2.19. The maximum Gasteiger partial charge on any atom is 0.259 e. The van der Waals surface area contributed by atoms with Gasteiger partial charge in [0.05, 0.1) is 11.6 Å². The molecule has 0 aromatic carbocycles. The van der Waals surface area contributed by atoms with Crippen molar-refractivity contribution in [2.45, 2.75) is 40.2 Å². The summed E-state index contributed by atoms with van der Waals surface area (Å²) in [5, 5.41) is 4.99. The van der Waals surface area contributed by atoms with Gasteiger partial charge in [0.25, 0.3) is 5.56 Å². The van der Waals surface area contributed by atoms with Crippen molar-refractivity contribution in [1.29, 1.82) is 0 Å². The van der Waals surface area contributed by atoms with Gasteiger partial charge < -0.3 is 5.32 Å². The number of nitrogens with zero attached hydrogens (tertiary/aromatic N) is 3. The lowest BCUT2D eigenvalue weighted by Crippen LogP contribution is -2.43. The molecule has 0 bridgehead atoms. The lowest BCUT2D eigenvalue weighted by Gasteiger charge is -2.31. The highest BCUT2D eigenvalue weighted by Gasteiger charge is 2.26. The van der Waals surface area contributed by atoms with Crippen LogP contribution in [0.15, 0.2) is 16.2 Å². The van der Waals surface area contributed by atoms with E-state index in [1.165, 1.54) is 11.3 Å². The van der Waals surface area contributed by atoms with Crippen LogP contribution in [0.25, 0.3) is 4.96 Å². The topological polar surface area (TPSA) is 66.7 Å². The minimum Gasteiger partial charge on any atom is -0.356 e. The average molecular weight is 362 g/mol. The zero-order valence-electron chi connectivity index (χ0n) is 15.1. The molecular formula is C18H26N4O2S. The van der Waals surface area contributed by atoms with Crippen LogP contribution >= 0.6 is 11.3 Å². The molecule has 1 N–H and O–H groups in total. The summed E-state index contributed by atoms with van der Waals surface area (Å²) in [4.78, 5) is 32.2. The monoisotopic (exact) mass is 362 g/mol. The number of aryl methyl sites for hydroxylation is 1. The van der Waals surface area contributed by atoms with Crippen LogP contribution in [0, 0.1) is 18.8 Å². The molecule has 1 fully saturated rings. The number of piperidine rings is 1. The Morgan fingerprint density at radius 1 is 1.48 bits per heavy atom. The van der Waals surface area contributed by atoms with E-state index in [0.717, 1.165) is 48.8 Å². The van der Waals surface area contributed by atoms with Crippen molar-refractivity contribution in [2.24, 2.45) is 11.8 Å². The summed E-state index contributed by atoms with van der Waals surface area (Å²) in [7, 11) is 0. The first-order chi connectivity index (χ1) is 11.9. The molecule has 7 heteroatoms. The number of aromatic nitrogens is 2. The van der Waals surface area contributed by atoms with Crippen LogP contribution in [0.2, 0.25) is 0 Å². The van der Waals surface area contributed by atoms with Gasteiger partial charge in [-0.05, 0) is 32.2 Å². The number of fused-ring (bicyclic) bond motifs is 1. The van der Waals surface area contributed by atoms with Gasteiger partial charge in [-0.25, -0.2) is 4.98 Å². The van der Waals surface area contributed by atoms with Crippen LogP contribution in [-0.2, 0) is 11.3 Å². The van der Waals surface area contributed by atoms with Crippen molar-refractivity contribution >= 4 is 22.2 Å². The van der Waals surface area contributed by atoms with E-state index >= 15 is 0 Å². The molecule has 1 saturated heterocycles. The SMILES string of the molecule is Cc1csc2nc(CN3CCC[C@H](C(=O)NCC(C)C)C3)cc(=O)n12. The van der Waals surface area contributed by atoms with E-state index in [4.69, 9.17) is 0 Å². The molecule has 0 spiro atoms. The Kier molecular flexibility index (Phi) is 5.54. The summed E-state index contributed by atoms with van der Waals surface area (Å²) in [5.74, 6) is 0.638. The molecule has 2 aromatic heterocycles. The lowest BCUT2D eigenvalue weighted by atomic mass is 9.97. The Morgan fingerprint density at radius 2 is 2.28 bits per heavy atom. The first-order valence-electron chi connectivity index (χ1n) is 8.91. The Morgan fingerprint density at radius 3 is 3.04 bits per heavy atom. The number of nitrogens with one attached hydrogen (secondary N) is 1. The van der Waals surface area contributed by atoms with Gasteiger partial charge in [-0.2, -0.15) is 0 Å². The van der Waals surface area contributed by atoms with Crippen molar-refractivity contribution in [1.82, 2.24) is 19.6 Å². The second-order valence-corrected chi connectivity index (χ2v) is 8.13. The fourth-order valence-electron chi connectivity index (χ4n) is 3.27. The first kappa shape index (κ1) is 18.1. The summed E-state index contributed by atoms with van der Waals surface area (Å²) >= 11 is 1.49. The highest BCUT2D eigenvalue weighted by molar-refractivity contribution is 7.15. The zero-order valence-corrected chi connectivity index (χ0v) is 15.9. The number of amides is 1. The van der Waals surface area contributed by atoms with E-state index in [-0.39, 0.29) is 17.4 Å². The van der Waals surface area contributed by atoms with Crippen molar-refractivity contribution in [3.8, 4) is 0 Å². The van der Waals surface area contributed by atoms with E-state index in [2.05, 4.69) is 29.0 Å². The smallest absolute Gasteiger partial charge is 0.259 e. The largest absolute Gasteiger partial charge is 0.356 e. The van der Waals surface area contributed by atoms with Gasteiger partial charge in [-0.3, -0.25) is 18.9 Å². The van der Waals surface area contributed by atoms with Gasteiger partial charge in [0, 0.05) is 36.8 Å². The molecule has 6 nitrogen and oxygen atoms in total. The molecule has 0 aliphatic carbocycles. The summed E-state index contributed by atoms with van der Waals surface area (Å²) in [5.41, 5.74) is 1.68. The van der Waals surface area contributed by atoms with Crippen molar-refractivity contribution in [2.75, 3.05) is 19.6 Å². The Hall–Kier alpha value is -1.73. The van der Waals surface area contributed by atoms with Crippen LogP contribution < -0.4 is 10.9 Å². The Bertz CT molecular complexity index is 811. The molecular weight excluding hydrogens is 336 g/mol. The van der Waals surface area contributed by atoms with Crippen LogP contribution in [0.1, 0.15) is 38.1 Å². The second-order valence-electron chi connectivity index (χ2n) is 7.29. The normalized spacial score (nSPS) is 18.8. The van der Waals surface area contributed by atoms with E-state index in [1.54, 1.807) is 10.5 Å². The number of carbonyl (C=O) groups excluding carboxylic acids is 1. The molecule has 3 heterocycles. The summed E-state index contributed by atoms with van der Waals surface area (Å²) < 4.78 is 1.65. The second kappa shape index (κ2) is 7.66. The van der Waals surface area contributed by atoms with Crippen LogP contribution in [-0.4, -0.2) is 39.8 Å². The molecule has 0 saturated carbocycles. The van der Waals surface area contributed by atoms with E-state index in [9.17, 15) is 9.59 Å². The molecule has 136 valence electrons. The third-order valence-electron chi connectivity index (χ3n) is 4.58. The Labute approximate surface area is 151 Å². The molecule has 1 atom stereocenters. The number of likely N-dealkylation sites (tertiary alicyclic amines) is 1. The molecule has 0 unspecified atom stereocenters. The van der Waals surface area contributed by atoms with Gasteiger partial charge in [0.2, 0.25) is 5.91 Å². The molecule has 1 amide bonds. The number of thiazole rings is 1. The summed E-state index contributed by atoms with van der Waals surface area (Å²) in [6.07, 6.45) is 1.93. The number of carbonyl (C=O) groups is 1. The third-order valence-corrected chi connectivity index (χ3v) is 5.52. The fourth-order valence-corrected chi connectivity index (χ4v) is 4.16. The minimum atomic E-state index is -0.0259. The average Bonchev–Trinajstić information content (AvgIpc) is 2.94. The van der Waals surface area contributed by atoms with Gasteiger partial charge >= 0.3 is 0 Å². The molecule has 2 aromatic rings. The third kappa shape index (κ3) is 4.27. The molecule has 0 radical (unpaired) electrons. The maximum atomic E-state index is 12.3. The standard InChI is InChI=1S/C18H26N4O2S/c1-12(2)8-19-17(24)14-5-4-6-21(9-14)10-15-7-16(23)22-13(3)11-25-18(22)20-15/h7,11-12,14H,4-6,8-10H2,1-3H3,(H,19,24)/t14-/m0/s1. The van der Waals surface area contributed by atoms with E-state index in [1.807, 2.05) is 12.3 Å². The fraction of sp³-hybridized carbons (Fsp3) is 0.611.